The van der Waals surface area contributed by atoms with Crippen molar-refractivity contribution in [3.05, 3.63) is 29.8 Å². The van der Waals surface area contributed by atoms with Gasteiger partial charge in [-0.15, -0.1) is 0 Å². The van der Waals surface area contributed by atoms with Crippen molar-refractivity contribution in [3.8, 4) is 0 Å². The van der Waals surface area contributed by atoms with Crippen LogP contribution in [0.4, 0.5) is 5.69 Å². The molecule has 5 atom stereocenters. The highest BCUT2D eigenvalue weighted by molar-refractivity contribution is 5.47. The standard InChI is InChI=1S/C17H23NO/c19-10-11-3-1-4-13(7-11)18-17-9-12-8-16(17)15-6-2-5-14(12)15/h1,3-4,7,12,14-19H,2,5-6,8-10H2. The Hall–Kier alpha value is -1.02. The lowest BCUT2D eigenvalue weighted by molar-refractivity contribution is 0.243. The Labute approximate surface area is 115 Å². The van der Waals surface area contributed by atoms with Gasteiger partial charge in [0.25, 0.3) is 0 Å². The van der Waals surface area contributed by atoms with E-state index >= 15 is 0 Å². The maximum absolute atomic E-state index is 9.22. The van der Waals surface area contributed by atoms with E-state index in [1.54, 1.807) is 0 Å². The van der Waals surface area contributed by atoms with Gasteiger partial charge >= 0.3 is 0 Å². The molecule has 3 aliphatic rings. The first-order valence-electron chi connectivity index (χ1n) is 7.81. The summed E-state index contributed by atoms with van der Waals surface area (Å²) in [6.45, 7) is 0.136. The van der Waals surface area contributed by atoms with Gasteiger partial charge in [0, 0.05) is 11.7 Å². The lowest BCUT2D eigenvalue weighted by Crippen LogP contribution is -2.33. The molecule has 0 amide bonds. The molecule has 2 bridgehead atoms. The summed E-state index contributed by atoms with van der Waals surface area (Å²) in [5, 5.41) is 13.0. The predicted molar refractivity (Wildman–Crippen MR) is 76.8 cm³/mol. The number of nitrogens with one attached hydrogen (secondary N) is 1. The SMILES string of the molecule is OCc1cccc(NC2CC3CC2C2CCCC32)c1. The van der Waals surface area contributed by atoms with Crippen molar-refractivity contribution in [1.29, 1.82) is 0 Å². The number of rotatable bonds is 3. The number of aliphatic hydroxyl groups is 1. The number of hydrogen-bond acceptors (Lipinski definition) is 2. The van der Waals surface area contributed by atoms with E-state index in [9.17, 15) is 5.11 Å². The van der Waals surface area contributed by atoms with Gasteiger partial charge in [-0.25, -0.2) is 0 Å². The summed E-state index contributed by atoms with van der Waals surface area (Å²) in [7, 11) is 0. The first-order chi connectivity index (χ1) is 9.35. The van der Waals surface area contributed by atoms with E-state index in [-0.39, 0.29) is 6.61 Å². The van der Waals surface area contributed by atoms with Gasteiger partial charge in [-0.2, -0.15) is 0 Å². The van der Waals surface area contributed by atoms with E-state index in [1.807, 2.05) is 12.1 Å². The quantitative estimate of drug-likeness (QED) is 0.869. The molecule has 102 valence electrons. The molecule has 1 aromatic carbocycles. The van der Waals surface area contributed by atoms with Crippen LogP contribution in [0.15, 0.2) is 24.3 Å². The highest BCUT2D eigenvalue weighted by Gasteiger charge is 2.53. The molecule has 19 heavy (non-hydrogen) atoms. The zero-order chi connectivity index (χ0) is 12.8. The summed E-state index contributed by atoms with van der Waals surface area (Å²) in [5.74, 6) is 3.98. The molecule has 5 unspecified atom stereocenters. The van der Waals surface area contributed by atoms with Crippen LogP contribution >= 0.6 is 0 Å². The maximum atomic E-state index is 9.22. The molecule has 2 N–H and O–H groups in total. The first kappa shape index (κ1) is 11.8. The maximum Gasteiger partial charge on any atom is 0.0682 e. The van der Waals surface area contributed by atoms with Gasteiger partial charge in [0.1, 0.15) is 0 Å². The largest absolute Gasteiger partial charge is 0.392 e. The van der Waals surface area contributed by atoms with E-state index in [0.29, 0.717) is 6.04 Å². The van der Waals surface area contributed by atoms with E-state index in [2.05, 4.69) is 17.4 Å². The lowest BCUT2D eigenvalue weighted by Gasteiger charge is -2.32. The second kappa shape index (κ2) is 4.52. The average molecular weight is 257 g/mol. The van der Waals surface area contributed by atoms with Crippen molar-refractivity contribution in [1.82, 2.24) is 0 Å². The van der Waals surface area contributed by atoms with Crippen molar-refractivity contribution in [3.63, 3.8) is 0 Å². The summed E-state index contributed by atoms with van der Waals surface area (Å²) in [6, 6.07) is 8.94. The minimum Gasteiger partial charge on any atom is -0.392 e. The highest BCUT2D eigenvalue weighted by atomic mass is 16.3. The van der Waals surface area contributed by atoms with Crippen molar-refractivity contribution in [2.75, 3.05) is 5.32 Å². The molecule has 1 aromatic rings. The fourth-order valence-electron chi connectivity index (χ4n) is 5.21. The van der Waals surface area contributed by atoms with Crippen LogP contribution in [0.1, 0.15) is 37.7 Å². The second-order valence-corrected chi connectivity index (χ2v) is 6.76. The van der Waals surface area contributed by atoms with Crippen LogP contribution in [0.25, 0.3) is 0 Å². The zero-order valence-corrected chi connectivity index (χ0v) is 11.4. The summed E-state index contributed by atoms with van der Waals surface area (Å²) in [4.78, 5) is 0. The van der Waals surface area contributed by atoms with Gasteiger partial charge in [0.15, 0.2) is 0 Å². The van der Waals surface area contributed by atoms with Gasteiger partial charge in [0.2, 0.25) is 0 Å². The van der Waals surface area contributed by atoms with Gasteiger partial charge in [-0.3, -0.25) is 0 Å². The number of fused-ring (bicyclic) bond motifs is 5. The topological polar surface area (TPSA) is 32.3 Å². The van der Waals surface area contributed by atoms with Gasteiger partial charge in [-0.1, -0.05) is 18.6 Å². The Morgan fingerprint density at radius 3 is 2.89 bits per heavy atom. The van der Waals surface area contributed by atoms with Crippen molar-refractivity contribution < 1.29 is 5.11 Å². The Bertz CT molecular complexity index is 472. The molecule has 4 rings (SSSR count). The molecule has 2 heteroatoms. The molecular formula is C17H23NO. The van der Waals surface area contributed by atoms with Gasteiger partial charge in [0.05, 0.1) is 6.61 Å². The number of aliphatic hydroxyl groups excluding tert-OH is 1. The molecule has 2 nitrogen and oxygen atoms in total. The Morgan fingerprint density at radius 1 is 1.11 bits per heavy atom. The molecule has 3 aliphatic carbocycles. The van der Waals surface area contributed by atoms with E-state index < -0.39 is 0 Å². The van der Waals surface area contributed by atoms with Crippen molar-refractivity contribution in [2.24, 2.45) is 23.7 Å². The molecule has 3 saturated carbocycles. The van der Waals surface area contributed by atoms with E-state index in [4.69, 9.17) is 0 Å². The third-order valence-corrected chi connectivity index (χ3v) is 5.89. The summed E-state index contributed by atoms with van der Waals surface area (Å²) in [6.07, 6.45) is 7.27. The molecule has 0 radical (unpaired) electrons. The van der Waals surface area contributed by atoms with Crippen LogP contribution < -0.4 is 5.32 Å². The molecule has 0 aliphatic heterocycles. The number of anilines is 1. The van der Waals surface area contributed by atoms with Crippen molar-refractivity contribution in [2.45, 2.75) is 44.8 Å². The molecular weight excluding hydrogens is 234 g/mol. The predicted octanol–water partition coefficient (Wildman–Crippen LogP) is 3.42. The van der Waals surface area contributed by atoms with Crippen LogP contribution in [-0.4, -0.2) is 11.1 Å². The third-order valence-electron chi connectivity index (χ3n) is 5.89. The molecule has 0 aromatic heterocycles. The second-order valence-electron chi connectivity index (χ2n) is 6.76. The number of benzene rings is 1. The monoisotopic (exact) mass is 257 g/mol. The zero-order valence-electron chi connectivity index (χ0n) is 11.4. The summed E-state index contributed by atoms with van der Waals surface area (Å²) < 4.78 is 0. The van der Waals surface area contributed by atoms with Crippen LogP contribution in [0.2, 0.25) is 0 Å². The van der Waals surface area contributed by atoms with Gasteiger partial charge < -0.3 is 10.4 Å². The Kier molecular flexibility index (Phi) is 2.80. The minimum absolute atomic E-state index is 0.136. The van der Waals surface area contributed by atoms with Crippen LogP contribution in [0.5, 0.6) is 0 Å². The molecule has 0 spiro atoms. The molecule has 0 saturated heterocycles. The first-order valence-corrected chi connectivity index (χ1v) is 7.81. The lowest BCUT2D eigenvalue weighted by atomic mass is 9.79. The highest BCUT2D eigenvalue weighted by Crippen LogP contribution is 2.59. The van der Waals surface area contributed by atoms with E-state index in [1.165, 1.54) is 37.8 Å². The fraction of sp³-hybridized carbons (Fsp3) is 0.647. The van der Waals surface area contributed by atoms with Gasteiger partial charge in [-0.05, 0) is 67.1 Å². The third kappa shape index (κ3) is 1.88. The molecule has 3 fully saturated rings. The van der Waals surface area contributed by atoms with E-state index in [0.717, 1.165) is 29.2 Å². The average Bonchev–Trinajstić information content (AvgIpc) is 3.10. The Balaban J connectivity index is 1.49. The van der Waals surface area contributed by atoms with Crippen molar-refractivity contribution >= 4 is 5.69 Å². The summed E-state index contributed by atoms with van der Waals surface area (Å²) >= 11 is 0. The fourth-order valence-corrected chi connectivity index (χ4v) is 5.21. The van der Waals surface area contributed by atoms with Crippen LogP contribution in [-0.2, 0) is 6.61 Å². The minimum atomic E-state index is 0.136. The molecule has 0 heterocycles. The smallest absolute Gasteiger partial charge is 0.0682 e. The van der Waals surface area contributed by atoms with Crippen LogP contribution in [0.3, 0.4) is 0 Å². The Morgan fingerprint density at radius 2 is 2.00 bits per heavy atom. The normalized spacial score (nSPS) is 39.5. The van der Waals surface area contributed by atoms with Crippen LogP contribution in [0, 0.1) is 23.7 Å². The number of hydrogen-bond donors (Lipinski definition) is 2. The summed E-state index contributed by atoms with van der Waals surface area (Å²) in [5.41, 5.74) is 2.20.